The third-order valence-corrected chi connectivity index (χ3v) is 3.48. The minimum absolute atomic E-state index is 0.0539. The monoisotopic (exact) mass is 217 g/mol. The lowest BCUT2D eigenvalue weighted by Gasteiger charge is -2.33. The van der Waals surface area contributed by atoms with Gasteiger partial charge in [0.05, 0.1) is 0 Å². The molecule has 3 heteroatoms. The highest BCUT2D eigenvalue weighted by Gasteiger charge is 2.31. The van der Waals surface area contributed by atoms with E-state index in [0.717, 1.165) is 6.42 Å². The molecule has 0 fully saturated rings. The van der Waals surface area contributed by atoms with E-state index in [1.54, 1.807) is 18.8 Å². The van der Waals surface area contributed by atoms with Crippen molar-refractivity contribution in [3.63, 3.8) is 0 Å². The van der Waals surface area contributed by atoms with E-state index in [9.17, 15) is 4.79 Å². The molecule has 1 N–H and O–H groups in total. The Labute approximate surface area is 92.2 Å². The summed E-state index contributed by atoms with van der Waals surface area (Å²) in [5, 5.41) is 2.69. The lowest BCUT2D eigenvalue weighted by atomic mass is 9.83. The second-order valence-electron chi connectivity index (χ2n) is 5.24. The summed E-state index contributed by atoms with van der Waals surface area (Å²) >= 11 is 1.78. The summed E-state index contributed by atoms with van der Waals surface area (Å²) in [6.45, 7) is 8.81. The third kappa shape index (κ3) is 5.53. The molecule has 0 aromatic heterocycles. The summed E-state index contributed by atoms with van der Waals surface area (Å²) in [6, 6.07) is 0. The molecular formula is C11H23NOS. The first-order valence-corrected chi connectivity index (χ1v) is 6.21. The van der Waals surface area contributed by atoms with Crippen LogP contribution in [0.2, 0.25) is 0 Å². The molecule has 14 heavy (non-hydrogen) atoms. The highest BCUT2D eigenvalue weighted by atomic mass is 32.2. The van der Waals surface area contributed by atoms with Gasteiger partial charge < -0.3 is 5.32 Å². The second kappa shape index (κ2) is 5.06. The van der Waals surface area contributed by atoms with E-state index in [0.29, 0.717) is 6.42 Å². The molecule has 0 aliphatic heterocycles. The first-order valence-electron chi connectivity index (χ1n) is 4.98. The normalized spacial score (nSPS) is 16.1. The van der Waals surface area contributed by atoms with Crippen LogP contribution in [0.15, 0.2) is 0 Å². The van der Waals surface area contributed by atoms with Crippen LogP contribution in [0.3, 0.4) is 0 Å². The number of amides is 1. The van der Waals surface area contributed by atoms with Crippen molar-refractivity contribution in [3.05, 3.63) is 0 Å². The molecule has 84 valence electrons. The standard InChI is InChI=1S/C11H23NOS/c1-10(2,3)8-11(4,14-6)7-9(13)12-5/h7-8H2,1-6H3,(H,12,13). The summed E-state index contributed by atoms with van der Waals surface area (Å²) in [7, 11) is 1.69. The van der Waals surface area contributed by atoms with Crippen LogP contribution in [0.25, 0.3) is 0 Å². The Hall–Kier alpha value is -0.180. The Kier molecular flexibility index (Phi) is 4.99. The second-order valence-corrected chi connectivity index (χ2v) is 6.64. The van der Waals surface area contributed by atoms with Gasteiger partial charge in [0.15, 0.2) is 0 Å². The Balaban J connectivity index is 4.40. The van der Waals surface area contributed by atoms with Crippen LogP contribution >= 0.6 is 11.8 Å². The van der Waals surface area contributed by atoms with Gasteiger partial charge in [0.1, 0.15) is 0 Å². The number of carbonyl (C=O) groups excluding carboxylic acids is 1. The Bertz CT molecular complexity index is 198. The molecule has 0 aromatic rings. The van der Waals surface area contributed by atoms with Crippen LogP contribution in [0.4, 0.5) is 0 Å². The smallest absolute Gasteiger partial charge is 0.221 e. The third-order valence-electron chi connectivity index (χ3n) is 2.21. The van der Waals surface area contributed by atoms with E-state index in [4.69, 9.17) is 0 Å². The molecule has 0 spiro atoms. The van der Waals surface area contributed by atoms with Gasteiger partial charge in [-0.2, -0.15) is 11.8 Å². The van der Waals surface area contributed by atoms with Crippen LogP contribution in [0.1, 0.15) is 40.5 Å². The molecule has 0 saturated carbocycles. The predicted molar refractivity (Wildman–Crippen MR) is 64.7 cm³/mol. The van der Waals surface area contributed by atoms with E-state index >= 15 is 0 Å². The maximum atomic E-state index is 11.3. The van der Waals surface area contributed by atoms with Crippen LogP contribution < -0.4 is 5.32 Å². The zero-order chi connectivity index (χ0) is 11.4. The van der Waals surface area contributed by atoms with Gasteiger partial charge >= 0.3 is 0 Å². The molecule has 0 rings (SSSR count). The van der Waals surface area contributed by atoms with Crippen molar-refractivity contribution in [1.29, 1.82) is 0 Å². The zero-order valence-electron chi connectivity index (χ0n) is 10.2. The van der Waals surface area contributed by atoms with Crippen molar-refractivity contribution in [2.45, 2.75) is 45.3 Å². The Morgan fingerprint density at radius 2 is 1.79 bits per heavy atom. The van der Waals surface area contributed by atoms with Gasteiger partial charge in [-0.1, -0.05) is 20.8 Å². The van der Waals surface area contributed by atoms with Gasteiger partial charge in [-0.25, -0.2) is 0 Å². The summed E-state index contributed by atoms with van der Waals surface area (Å²) in [6.07, 6.45) is 3.73. The summed E-state index contributed by atoms with van der Waals surface area (Å²) in [5.41, 5.74) is 0.270. The van der Waals surface area contributed by atoms with Crippen LogP contribution in [-0.4, -0.2) is 24.0 Å². The fraction of sp³-hybridized carbons (Fsp3) is 0.909. The highest BCUT2D eigenvalue weighted by Crippen LogP contribution is 2.38. The molecule has 0 aromatic carbocycles. The predicted octanol–water partition coefficient (Wildman–Crippen LogP) is 2.68. The highest BCUT2D eigenvalue weighted by molar-refractivity contribution is 8.00. The molecule has 0 radical (unpaired) electrons. The lowest BCUT2D eigenvalue weighted by molar-refractivity contribution is -0.121. The van der Waals surface area contributed by atoms with Crippen LogP contribution in [0, 0.1) is 5.41 Å². The average Bonchev–Trinajstić information content (AvgIpc) is 2.00. The molecule has 0 bridgehead atoms. The summed E-state index contributed by atoms with van der Waals surface area (Å²) in [4.78, 5) is 11.3. The fourth-order valence-corrected chi connectivity index (χ4v) is 2.61. The van der Waals surface area contributed by atoms with Crippen molar-refractivity contribution in [2.24, 2.45) is 5.41 Å². The number of hydrogen-bond acceptors (Lipinski definition) is 2. The maximum Gasteiger partial charge on any atom is 0.221 e. The number of hydrogen-bond donors (Lipinski definition) is 1. The topological polar surface area (TPSA) is 29.1 Å². The van der Waals surface area contributed by atoms with Gasteiger partial charge in [-0.3, -0.25) is 4.79 Å². The van der Waals surface area contributed by atoms with Crippen molar-refractivity contribution >= 4 is 17.7 Å². The number of rotatable bonds is 4. The molecule has 0 saturated heterocycles. The first kappa shape index (κ1) is 13.8. The maximum absolute atomic E-state index is 11.3. The molecule has 0 aliphatic carbocycles. The van der Waals surface area contributed by atoms with E-state index in [-0.39, 0.29) is 16.1 Å². The fourth-order valence-electron chi connectivity index (χ4n) is 1.76. The van der Waals surface area contributed by atoms with Gasteiger partial charge in [-0.05, 0) is 25.0 Å². The largest absolute Gasteiger partial charge is 0.359 e. The van der Waals surface area contributed by atoms with E-state index in [2.05, 4.69) is 39.3 Å². The van der Waals surface area contributed by atoms with Crippen molar-refractivity contribution < 1.29 is 4.79 Å². The minimum atomic E-state index is 0.0539. The quantitative estimate of drug-likeness (QED) is 0.784. The van der Waals surface area contributed by atoms with Crippen LogP contribution in [-0.2, 0) is 4.79 Å². The number of thioether (sulfide) groups is 1. The number of nitrogens with one attached hydrogen (secondary N) is 1. The molecule has 2 nitrogen and oxygen atoms in total. The van der Waals surface area contributed by atoms with Gasteiger partial charge in [0.25, 0.3) is 0 Å². The molecular weight excluding hydrogens is 194 g/mol. The Morgan fingerprint density at radius 1 is 1.29 bits per heavy atom. The SMILES string of the molecule is CNC(=O)CC(C)(CC(C)(C)C)SC. The van der Waals surface area contributed by atoms with Crippen molar-refractivity contribution in [1.82, 2.24) is 5.32 Å². The van der Waals surface area contributed by atoms with E-state index in [1.165, 1.54) is 0 Å². The molecule has 0 aliphatic rings. The molecule has 1 unspecified atom stereocenters. The minimum Gasteiger partial charge on any atom is -0.359 e. The molecule has 1 atom stereocenters. The molecule has 0 heterocycles. The van der Waals surface area contributed by atoms with E-state index < -0.39 is 0 Å². The first-order chi connectivity index (χ1) is 6.22. The summed E-state index contributed by atoms with van der Waals surface area (Å²) < 4.78 is 0.0539. The molecule has 1 amide bonds. The van der Waals surface area contributed by atoms with Crippen LogP contribution in [0.5, 0.6) is 0 Å². The van der Waals surface area contributed by atoms with Gasteiger partial charge in [0, 0.05) is 18.2 Å². The number of carbonyl (C=O) groups is 1. The Morgan fingerprint density at radius 3 is 2.07 bits per heavy atom. The van der Waals surface area contributed by atoms with E-state index in [1.807, 2.05) is 0 Å². The van der Waals surface area contributed by atoms with Gasteiger partial charge in [0.2, 0.25) is 5.91 Å². The lowest BCUT2D eigenvalue weighted by Crippen LogP contribution is -2.33. The summed E-state index contributed by atoms with van der Waals surface area (Å²) in [5.74, 6) is 0.131. The van der Waals surface area contributed by atoms with Crippen molar-refractivity contribution in [3.8, 4) is 0 Å². The van der Waals surface area contributed by atoms with Gasteiger partial charge in [-0.15, -0.1) is 0 Å². The average molecular weight is 217 g/mol. The van der Waals surface area contributed by atoms with Crippen molar-refractivity contribution in [2.75, 3.05) is 13.3 Å². The zero-order valence-corrected chi connectivity index (χ0v) is 11.0.